The third-order valence-corrected chi connectivity index (χ3v) is 4.39. The van der Waals surface area contributed by atoms with Crippen molar-refractivity contribution >= 4 is 39.2 Å². The molecule has 3 rings (SSSR count). The Kier molecular flexibility index (Phi) is 3.64. The summed E-state index contributed by atoms with van der Waals surface area (Å²) in [6.45, 7) is 3.45. The zero-order valence-electron chi connectivity index (χ0n) is 11.9. The van der Waals surface area contributed by atoms with E-state index in [0.29, 0.717) is 25.7 Å². The van der Waals surface area contributed by atoms with Gasteiger partial charge in [0, 0.05) is 18.5 Å². The predicted octanol–water partition coefficient (Wildman–Crippen LogP) is 0.732. The number of carbonyl (C=O) groups excluding carboxylic acids is 1. The summed E-state index contributed by atoms with van der Waals surface area (Å²) in [5.41, 5.74) is 5.50. The highest BCUT2D eigenvalue weighted by Crippen LogP contribution is 2.33. The first-order valence-electron chi connectivity index (χ1n) is 6.70. The van der Waals surface area contributed by atoms with Gasteiger partial charge in [0.2, 0.25) is 11.9 Å². The molecule has 0 bridgehead atoms. The molecule has 1 aliphatic heterocycles. The number of thiophene rings is 1. The second-order valence-corrected chi connectivity index (χ2v) is 6.12. The molecule has 0 spiro atoms. The lowest BCUT2D eigenvalue weighted by molar-refractivity contribution is -0.121. The van der Waals surface area contributed by atoms with E-state index in [1.807, 2.05) is 17.9 Å². The Balaban J connectivity index is 2.14. The van der Waals surface area contributed by atoms with Gasteiger partial charge in [0.1, 0.15) is 16.7 Å². The van der Waals surface area contributed by atoms with Gasteiger partial charge < -0.3 is 20.7 Å². The van der Waals surface area contributed by atoms with Crippen molar-refractivity contribution in [2.24, 2.45) is 5.73 Å². The van der Waals surface area contributed by atoms with Crippen LogP contribution in [0.3, 0.4) is 0 Å². The van der Waals surface area contributed by atoms with Gasteiger partial charge in [-0.3, -0.25) is 4.79 Å². The monoisotopic (exact) mass is 307 g/mol. The smallest absolute Gasteiger partial charge is 0.242 e. The van der Waals surface area contributed by atoms with E-state index >= 15 is 0 Å². The molecule has 3 N–H and O–H groups in total. The normalized spacial score (nSPS) is 19.0. The highest BCUT2D eigenvalue weighted by Gasteiger charge is 2.30. The molecule has 7 nitrogen and oxygen atoms in total. The first kappa shape index (κ1) is 14.0. The third kappa shape index (κ3) is 2.52. The van der Waals surface area contributed by atoms with Crippen LogP contribution in [0, 0.1) is 6.92 Å². The van der Waals surface area contributed by atoms with Gasteiger partial charge in [0.15, 0.2) is 0 Å². The molecule has 3 heterocycles. The molecule has 2 aromatic heterocycles. The van der Waals surface area contributed by atoms with Gasteiger partial charge >= 0.3 is 0 Å². The Morgan fingerprint density at radius 2 is 2.38 bits per heavy atom. The molecule has 1 fully saturated rings. The number of ether oxygens (including phenoxy) is 1. The van der Waals surface area contributed by atoms with Crippen molar-refractivity contribution in [3.8, 4) is 0 Å². The number of hydrogen-bond acceptors (Lipinski definition) is 7. The second kappa shape index (κ2) is 5.45. The first-order chi connectivity index (χ1) is 10.1. The van der Waals surface area contributed by atoms with Gasteiger partial charge in [-0.2, -0.15) is 4.98 Å². The van der Waals surface area contributed by atoms with Gasteiger partial charge in [0.25, 0.3) is 0 Å². The van der Waals surface area contributed by atoms with Crippen LogP contribution in [0.5, 0.6) is 0 Å². The molecule has 1 unspecified atom stereocenters. The Labute approximate surface area is 126 Å². The molecule has 1 atom stereocenters. The van der Waals surface area contributed by atoms with Crippen LogP contribution in [0.2, 0.25) is 0 Å². The fraction of sp³-hybridized carbons (Fsp3) is 0.462. The number of anilines is 2. The highest BCUT2D eigenvalue weighted by molar-refractivity contribution is 7.18. The molecule has 21 heavy (non-hydrogen) atoms. The van der Waals surface area contributed by atoms with Crippen LogP contribution >= 0.6 is 11.3 Å². The zero-order valence-corrected chi connectivity index (χ0v) is 12.7. The van der Waals surface area contributed by atoms with Crippen molar-refractivity contribution in [1.82, 2.24) is 9.97 Å². The summed E-state index contributed by atoms with van der Waals surface area (Å²) in [5, 5.41) is 3.91. The highest BCUT2D eigenvalue weighted by atomic mass is 32.1. The van der Waals surface area contributed by atoms with Crippen molar-refractivity contribution in [3.05, 3.63) is 10.9 Å². The van der Waals surface area contributed by atoms with E-state index < -0.39 is 11.9 Å². The number of hydrogen-bond donors (Lipinski definition) is 2. The van der Waals surface area contributed by atoms with Crippen LogP contribution < -0.4 is 16.0 Å². The molecule has 0 aliphatic carbocycles. The number of aromatic nitrogens is 2. The molecule has 0 radical (unpaired) electrons. The minimum atomic E-state index is -0.498. The number of morpholine rings is 1. The van der Waals surface area contributed by atoms with Gasteiger partial charge in [-0.1, -0.05) is 0 Å². The molecule has 0 aromatic carbocycles. The average Bonchev–Trinajstić information content (AvgIpc) is 2.86. The number of carbonyl (C=O) groups is 1. The largest absolute Gasteiger partial charge is 0.377 e. The minimum Gasteiger partial charge on any atom is -0.377 e. The van der Waals surface area contributed by atoms with Crippen molar-refractivity contribution in [3.63, 3.8) is 0 Å². The lowest BCUT2D eigenvalue weighted by Crippen LogP contribution is -2.53. The number of amides is 1. The van der Waals surface area contributed by atoms with Gasteiger partial charge in [-0.05, 0) is 13.0 Å². The number of fused-ring (bicyclic) bond motifs is 1. The molecular formula is C13H17N5O2S. The Bertz CT molecular complexity index is 686. The molecule has 2 aromatic rings. The zero-order chi connectivity index (χ0) is 15.0. The van der Waals surface area contributed by atoms with Gasteiger partial charge in [0.05, 0.1) is 18.6 Å². The number of nitrogens with two attached hydrogens (primary N) is 1. The molecule has 8 heteroatoms. The topological polar surface area (TPSA) is 93.4 Å². The maximum atomic E-state index is 11.7. The number of primary amides is 1. The predicted molar refractivity (Wildman–Crippen MR) is 82.8 cm³/mol. The molecular weight excluding hydrogens is 290 g/mol. The van der Waals surface area contributed by atoms with Crippen molar-refractivity contribution in [2.75, 3.05) is 37.0 Å². The van der Waals surface area contributed by atoms with Crippen LogP contribution in [0.1, 0.15) is 4.88 Å². The van der Waals surface area contributed by atoms with Gasteiger partial charge in [-0.25, -0.2) is 4.98 Å². The SMILES string of the molecule is CNc1nc(N2CCOCC2C(N)=O)c2cc(C)sc2n1. The second-order valence-electron chi connectivity index (χ2n) is 4.88. The maximum absolute atomic E-state index is 11.7. The average molecular weight is 307 g/mol. The summed E-state index contributed by atoms with van der Waals surface area (Å²) < 4.78 is 5.37. The Morgan fingerprint density at radius 1 is 1.57 bits per heavy atom. The van der Waals surface area contributed by atoms with Crippen molar-refractivity contribution in [2.45, 2.75) is 13.0 Å². The first-order valence-corrected chi connectivity index (χ1v) is 7.51. The fourth-order valence-corrected chi connectivity index (χ4v) is 3.32. The van der Waals surface area contributed by atoms with E-state index in [1.165, 1.54) is 0 Å². The number of rotatable bonds is 3. The van der Waals surface area contributed by atoms with E-state index in [0.717, 1.165) is 20.9 Å². The Morgan fingerprint density at radius 3 is 3.10 bits per heavy atom. The number of nitrogens with zero attached hydrogens (tertiary/aromatic N) is 3. The summed E-state index contributed by atoms with van der Waals surface area (Å²) in [4.78, 5) is 24.6. The van der Waals surface area contributed by atoms with E-state index in [4.69, 9.17) is 10.5 Å². The Hall–Kier alpha value is -1.93. The van der Waals surface area contributed by atoms with Gasteiger partial charge in [-0.15, -0.1) is 11.3 Å². The summed E-state index contributed by atoms with van der Waals surface area (Å²) in [7, 11) is 1.77. The summed E-state index contributed by atoms with van der Waals surface area (Å²) in [6.07, 6.45) is 0. The summed E-state index contributed by atoms with van der Waals surface area (Å²) >= 11 is 1.60. The van der Waals surface area contributed by atoms with Crippen LogP contribution in [-0.2, 0) is 9.53 Å². The van der Waals surface area contributed by atoms with E-state index in [-0.39, 0.29) is 0 Å². The van der Waals surface area contributed by atoms with Crippen LogP contribution in [-0.4, -0.2) is 48.7 Å². The van der Waals surface area contributed by atoms with Crippen molar-refractivity contribution in [1.29, 1.82) is 0 Å². The molecule has 1 saturated heterocycles. The lowest BCUT2D eigenvalue weighted by atomic mass is 10.2. The molecule has 1 amide bonds. The minimum absolute atomic E-state index is 0.291. The standard InChI is InChI=1S/C13H17N5O2S/c1-7-5-8-11(16-13(15-2)17-12(8)21-7)18-3-4-20-6-9(18)10(14)19/h5,9H,3-4,6H2,1-2H3,(H2,14,19)(H,15,16,17). The lowest BCUT2D eigenvalue weighted by Gasteiger charge is -2.34. The van der Waals surface area contributed by atoms with Crippen LogP contribution in [0.4, 0.5) is 11.8 Å². The maximum Gasteiger partial charge on any atom is 0.242 e. The van der Waals surface area contributed by atoms with Crippen LogP contribution in [0.15, 0.2) is 6.07 Å². The summed E-state index contributed by atoms with van der Waals surface area (Å²) in [5.74, 6) is 0.870. The summed E-state index contributed by atoms with van der Waals surface area (Å²) in [6, 6.07) is 1.55. The number of nitrogens with one attached hydrogen (secondary N) is 1. The van der Waals surface area contributed by atoms with E-state index in [1.54, 1.807) is 18.4 Å². The van der Waals surface area contributed by atoms with E-state index in [9.17, 15) is 4.79 Å². The van der Waals surface area contributed by atoms with Crippen molar-refractivity contribution < 1.29 is 9.53 Å². The molecule has 1 aliphatic rings. The quantitative estimate of drug-likeness (QED) is 0.868. The number of aryl methyl sites for hydroxylation is 1. The fourth-order valence-electron chi connectivity index (χ4n) is 2.45. The van der Waals surface area contributed by atoms with E-state index in [2.05, 4.69) is 15.3 Å². The molecule has 0 saturated carbocycles. The van der Waals surface area contributed by atoms with Crippen LogP contribution in [0.25, 0.3) is 10.2 Å². The third-order valence-electron chi connectivity index (χ3n) is 3.45. The molecule has 112 valence electrons.